The van der Waals surface area contributed by atoms with Crippen LogP contribution in [0.5, 0.6) is 0 Å². The molecule has 0 radical (unpaired) electrons. The molecule has 0 saturated carbocycles. The Bertz CT molecular complexity index is 506. The summed E-state index contributed by atoms with van der Waals surface area (Å²) in [5.74, 6) is 0.142. The summed E-state index contributed by atoms with van der Waals surface area (Å²) in [4.78, 5) is 16.7. The lowest BCUT2D eigenvalue weighted by molar-refractivity contribution is -0.133. The van der Waals surface area contributed by atoms with Gasteiger partial charge in [0.25, 0.3) is 0 Å². The molecule has 2 rings (SSSR count). The smallest absolute Gasteiger partial charge is 0.237 e. The number of hydrogen-bond donors (Lipinski definition) is 1. The van der Waals surface area contributed by atoms with Gasteiger partial charge >= 0.3 is 0 Å². The van der Waals surface area contributed by atoms with Crippen LogP contribution in [0.25, 0.3) is 0 Å². The molecule has 1 aliphatic rings. The highest BCUT2D eigenvalue weighted by atomic mass is 35.5. The second-order valence-electron chi connectivity index (χ2n) is 6.36. The van der Waals surface area contributed by atoms with E-state index in [-0.39, 0.29) is 18.6 Å². The number of rotatable bonds is 7. The Hall–Kier alpha value is -1.10. The Morgan fingerprint density at radius 3 is 2.78 bits per heavy atom. The highest BCUT2D eigenvalue weighted by molar-refractivity contribution is 6.30. The molecule has 23 heavy (non-hydrogen) atoms. The van der Waals surface area contributed by atoms with E-state index >= 15 is 0 Å². The SMILES string of the molecule is CC(c1ccc(Cl)cc1)N(C)C(=O)CN1CCCC1CCCO. The lowest BCUT2D eigenvalue weighted by Gasteiger charge is -2.30. The molecule has 128 valence electrons. The topological polar surface area (TPSA) is 43.8 Å². The van der Waals surface area contributed by atoms with Crippen LogP contribution in [-0.2, 0) is 4.79 Å². The van der Waals surface area contributed by atoms with Crippen LogP contribution in [0.2, 0.25) is 5.02 Å². The van der Waals surface area contributed by atoms with Gasteiger partial charge in [0.15, 0.2) is 0 Å². The Balaban J connectivity index is 1.92. The maximum atomic E-state index is 12.6. The minimum atomic E-state index is 0.0262. The molecule has 1 aliphatic heterocycles. The number of carbonyl (C=O) groups excluding carboxylic acids is 1. The highest BCUT2D eigenvalue weighted by Gasteiger charge is 2.27. The van der Waals surface area contributed by atoms with Crippen LogP contribution in [0, 0.1) is 0 Å². The maximum absolute atomic E-state index is 12.6. The molecule has 2 atom stereocenters. The predicted octanol–water partition coefficient (Wildman–Crippen LogP) is 3.10. The Morgan fingerprint density at radius 2 is 2.13 bits per heavy atom. The van der Waals surface area contributed by atoms with Crippen molar-refractivity contribution in [3.05, 3.63) is 34.9 Å². The molecule has 5 heteroatoms. The molecule has 0 bridgehead atoms. The van der Waals surface area contributed by atoms with Gasteiger partial charge in [0.05, 0.1) is 12.6 Å². The molecule has 4 nitrogen and oxygen atoms in total. The zero-order valence-electron chi connectivity index (χ0n) is 14.0. The van der Waals surface area contributed by atoms with Crippen molar-refractivity contribution in [2.24, 2.45) is 0 Å². The minimum Gasteiger partial charge on any atom is -0.396 e. The first kappa shape index (κ1) is 18.2. The number of halogens is 1. The third-order valence-electron chi connectivity index (χ3n) is 4.86. The van der Waals surface area contributed by atoms with Crippen LogP contribution >= 0.6 is 11.6 Å². The Kier molecular flexibility index (Phi) is 6.88. The fraction of sp³-hybridized carbons (Fsp3) is 0.611. The fourth-order valence-electron chi connectivity index (χ4n) is 3.22. The summed E-state index contributed by atoms with van der Waals surface area (Å²) < 4.78 is 0. The van der Waals surface area contributed by atoms with E-state index in [0.717, 1.165) is 37.8 Å². The fourth-order valence-corrected chi connectivity index (χ4v) is 3.35. The number of hydrogen-bond acceptors (Lipinski definition) is 3. The van der Waals surface area contributed by atoms with Crippen LogP contribution in [0.1, 0.15) is 44.2 Å². The van der Waals surface area contributed by atoms with Gasteiger partial charge in [0.1, 0.15) is 0 Å². The number of amides is 1. The average molecular weight is 339 g/mol. The van der Waals surface area contributed by atoms with Crippen LogP contribution in [-0.4, -0.2) is 53.6 Å². The molecule has 1 N–H and O–H groups in total. The monoisotopic (exact) mass is 338 g/mol. The third kappa shape index (κ3) is 4.93. The van der Waals surface area contributed by atoms with Crippen LogP contribution < -0.4 is 0 Å². The van der Waals surface area contributed by atoms with Gasteiger partial charge in [0, 0.05) is 24.7 Å². The molecule has 0 aliphatic carbocycles. The van der Waals surface area contributed by atoms with Gasteiger partial charge in [-0.15, -0.1) is 0 Å². The van der Waals surface area contributed by atoms with Crippen molar-refractivity contribution in [3.8, 4) is 0 Å². The van der Waals surface area contributed by atoms with Crippen molar-refractivity contribution < 1.29 is 9.90 Å². The van der Waals surface area contributed by atoms with Gasteiger partial charge in [-0.05, 0) is 56.8 Å². The van der Waals surface area contributed by atoms with Crippen molar-refractivity contribution >= 4 is 17.5 Å². The highest BCUT2D eigenvalue weighted by Crippen LogP contribution is 2.24. The Labute approximate surface area is 144 Å². The molecule has 2 unspecified atom stereocenters. The summed E-state index contributed by atoms with van der Waals surface area (Å²) in [6, 6.07) is 8.12. The van der Waals surface area contributed by atoms with Gasteiger partial charge < -0.3 is 10.0 Å². The molecule has 1 aromatic carbocycles. The maximum Gasteiger partial charge on any atom is 0.237 e. The third-order valence-corrected chi connectivity index (χ3v) is 5.11. The standard InChI is InChI=1S/C18H27ClN2O2/c1-14(15-7-9-16(19)10-8-15)20(2)18(23)13-21-11-3-5-17(21)6-4-12-22/h7-10,14,17,22H,3-6,11-13H2,1-2H3. The normalized spacial score (nSPS) is 19.7. The number of nitrogens with zero attached hydrogens (tertiary/aromatic N) is 2. The first-order chi connectivity index (χ1) is 11.0. The number of likely N-dealkylation sites (tertiary alicyclic amines) is 1. The molecule has 0 aromatic heterocycles. The minimum absolute atomic E-state index is 0.0262. The summed E-state index contributed by atoms with van der Waals surface area (Å²) in [6.07, 6.45) is 4.05. The van der Waals surface area contributed by atoms with Crippen molar-refractivity contribution in [3.63, 3.8) is 0 Å². The Morgan fingerprint density at radius 1 is 1.43 bits per heavy atom. The molecular formula is C18H27ClN2O2. The number of benzene rings is 1. The second-order valence-corrected chi connectivity index (χ2v) is 6.80. The van der Waals surface area contributed by atoms with Crippen molar-refractivity contribution in [2.45, 2.75) is 44.7 Å². The van der Waals surface area contributed by atoms with E-state index in [1.807, 2.05) is 43.1 Å². The summed E-state index contributed by atoms with van der Waals surface area (Å²) in [5.41, 5.74) is 1.09. The van der Waals surface area contributed by atoms with Gasteiger partial charge in [0.2, 0.25) is 5.91 Å². The van der Waals surface area contributed by atoms with Crippen molar-refractivity contribution in [1.82, 2.24) is 9.80 Å². The largest absolute Gasteiger partial charge is 0.396 e. The van der Waals surface area contributed by atoms with E-state index in [9.17, 15) is 4.79 Å². The lowest BCUT2D eigenvalue weighted by atomic mass is 10.1. The van der Waals surface area contributed by atoms with Gasteiger partial charge in [-0.3, -0.25) is 9.69 Å². The van der Waals surface area contributed by atoms with Crippen LogP contribution in [0.3, 0.4) is 0 Å². The zero-order chi connectivity index (χ0) is 16.8. The number of carbonyl (C=O) groups is 1. The second kappa shape index (κ2) is 8.67. The van der Waals surface area contributed by atoms with E-state index in [1.54, 1.807) is 0 Å². The van der Waals surface area contributed by atoms with Gasteiger partial charge in [-0.1, -0.05) is 23.7 Å². The summed E-state index contributed by atoms with van der Waals surface area (Å²) >= 11 is 5.92. The molecule has 1 fully saturated rings. The average Bonchev–Trinajstić information content (AvgIpc) is 2.99. The van der Waals surface area contributed by atoms with E-state index in [4.69, 9.17) is 16.7 Å². The van der Waals surface area contributed by atoms with E-state index in [1.165, 1.54) is 0 Å². The zero-order valence-corrected chi connectivity index (χ0v) is 14.8. The molecule has 1 aromatic rings. The summed E-state index contributed by atoms with van der Waals surface area (Å²) in [6.45, 7) is 3.70. The predicted molar refractivity (Wildman–Crippen MR) is 93.6 cm³/mol. The first-order valence-corrected chi connectivity index (χ1v) is 8.76. The number of aliphatic hydroxyl groups excluding tert-OH is 1. The van der Waals surface area contributed by atoms with Crippen molar-refractivity contribution in [1.29, 1.82) is 0 Å². The quantitative estimate of drug-likeness (QED) is 0.830. The van der Waals surface area contributed by atoms with E-state index in [2.05, 4.69) is 4.90 Å². The summed E-state index contributed by atoms with van der Waals surface area (Å²) in [7, 11) is 1.86. The number of aliphatic hydroxyl groups is 1. The number of likely N-dealkylation sites (N-methyl/N-ethyl adjacent to an activating group) is 1. The lowest BCUT2D eigenvalue weighted by Crippen LogP contribution is -2.41. The van der Waals surface area contributed by atoms with Gasteiger partial charge in [-0.25, -0.2) is 0 Å². The first-order valence-electron chi connectivity index (χ1n) is 8.39. The van der Waals surface area contributed by atoms with Crippen LogP contribution in [0.4, 0.5) is 0 Å². The van der Waals surface area contributed by atoms with Gasteiger partial charge in [-0.2, -0.15) is 0 Å². The molecular weight excluding hydrogens is 312 g/mol. The molecule has 1 amide bonds. The van der Waals surface area contributed by atoms with Crippen LogP contribution in [0.15, 0.2) is 24.3 Å². The summed E-state index contributed by atoms with van der Waals surface area (Å²) in [5, 5.41) is 9.71. The van der Waals surface area contributed by atoms with E-state index < -0.39 is 0 Å². The van der Waals surface area contributed by atoms with Crippen molar-refractivity contribution in [2.75, 3.05) is 26.7 Å². The molecule has 1 heterocycles. The molecule has 1 saturated heterocycles. The van der Waals surface area contributed by atoms with E-state index in [0.29, 0.717) is 17.6 Å². The molecule has 0 spiro atoms.